The van der Waals surface area contributed by atoms with Gasteiger partial charge in [-0.3, -0.25) is 0 Å². The van der Waals surface area contributed by atoms with Crippen LogP contribution in [0.1, 0.15) is 50.1 Å². The molecule has 4 rings (SSSR count). The van der Waals surface area contributed by atoms with E-state index >= 15 is 0 Å². The topological polar surface area (TPSA) is 42.2 Å². The minimum Gasteiger partial charge on any atom is -0.353 e. The number of nitrogens with one attached hydrogen (secondary N) is 1. The van der Waals surface area contributed by atoms with Crippen LogP contribution in [0.15, 0.2) is 30.5 Å². The van der Waals surface area contributed by atoms with Gasteiger partial charge in [-0.05, 0) is 24.0 Å². The van der Waals surface area contributed by atoms with E-state index in [9.17, 15) is 0 Å². The molecule has 0 aliphatic heterocycles. The van der Waals surface area contributed by atoms with Gasteiger partial charge < -0.3 is 5.32 Å². The Labute approximate surface area is 134 Å². The van der Waals surface area contributed by atoms with Crippen molar-refractivity contribution in [3.63, 3.8) is 0 Å². The Morgan fingerprint density at radius 1 is 1.27 bits per heavy atom. The predicted octanol–water partition coefficient (Wildman–Crippen LogP) is 4.19. The summed E-state index contributed by atoms with van der Waals surface area (Å²) >= 11 is 1.63. The molecule has 5 heteroatoms. The number of aryl methyl sites for hydroxylation is 1. The van der Waals surface area contributed by atoms with Crippen molar-refractivity contribution >= 4 is 21.4 Å². The molecule has 0 amide bonds. The van der Waals surface area contributed by atoms with Crippen LogP contribution >= 0.6 is 11.3 Å². The standard InChI is InChI=1S/C17H20N4S/c1-17(2,3)14-10-21-16(19-14)22-15(20-21)18-13-9-8-11-6-4-5-7-12(11)13/h4-7,10,13H,8-9H2,1-3H3,(H,18,20). The van der Waals surface area contributed by atoms with E-state index < -0.39 is 0 Å². The van der Waals surface area contributed by atoms with Gasteiger partial charge >= 0.3 is 0 Å². The maximum Gasteiger partial charge on any atom is 0.214 e. The van der Waals surface area contributed by atoms with Crippen molar-refractivity contribution in [2.75, 3.05) is 5.32 Å². The molecule has 4 nitrogen and oxygen atoms in total. The molecule has 2 heterocycles. The van der Waals surface area contributed by atoms with E-state index in [-0.39, 0.29) is 5.41 Å². The highest BCUT2D eigenvalue weighted by atomic mass is 32.1. The zero-order valence-electron chi connectivity index (χ0n) is 13.1. The van der Waals surface area contributed by atoms with Crippen LogP contribution in [0.3, 0.4) is 0 Å². The van der Waals surface area contributed by atoms with Crippen LogP contribution < -0.4 is 5.32 Å². The van der Waals surface area contributed by atoms with Crippen LogP contribution in [0.2, 0.25) is 0 Å². The van der Waals surface area contributed by atoms with Gasteiger partial charge in [0.15, 0.2) is 0 Å². The van der Waals surface area contributed by atoms with E-state index in [0.717, 1.165) is 28.6 Å². The van der Waals surface area contributed by atoms with Crippen molar-refractivity contribution in [3.05, 3.63) is 47.3 Å². The molecule has 1 aromatic carbocycles. The van der Waals surface area contributed by atoms with Gasteiger partial charge in [0.05, 0.1) is 17.9 Å². The summed E-state index contributed by atoms with van der Waals surface area (Å²) < 4.78 is 1.90. The van der Waals surface area contributed by atoms with Crippen LogP contribution in [0.5, 0.6) is 0 Å². The highest BCUT2D eigenvalue weighted by Crippen LogP contribution is 2.35. The SMILES string of the molecule is CC(C)(C)c1cn2nc(NC3CCc4ccccc43)sc2n1. The van der Waals surface area contributed by atoms with E-state index in [4.69, 9.17) is 4.98 Å². The number of hydrogen-bond acceptors (Lipinski definition) is 4. The summed E-state index contributed by atoms with van der Waals surface area (Å²) in [4.78, 5) is 5.66. The van der Waals surface area contributed by atoms with Gasteiger partial charge in [0, 0.05) is 5.41 Å². The van der Waals surface area contributed by atoms with Gasteiger partial charge in [-0.2, -0.15) is 0 Å². The second-order valence-corrected chi connectivity index (χ2v) is 7.90. The molecule has 1 aliphatic rings. The first-order valence-electron chi connectivity index (χ1n) is 7.72. The quantitative estimate of drug-likeness (QED) is 0.771. The summed E-state index contributed by atoms with van der Waals surface area (Å²) in [6.45, 7) is 6.52. The lowest BCUT2D eigenvalue weighted by Crippen LogP contribution is -2.11. The summed E-state index contributed by atoms with van der Waals surface area (Å²) in [5, 5.41) is 9.17. The van der Waals surface area contributed by atoms with Gasteiger partial charge in [0.25, 0.3) is 0 Å². The van der Waals surface area contributed by atoms with Crippen molar-refractivity contribution in [3.8, 4) is 0 Å². The molecule has 0 saturated carbocycles. The summed E-state index contributed by atoms with van der Waals surface area (Å²) in [6, 6.07) is 9.04. The largest absolute Gasteiger partial charge is 0.353 e. The van der Waals surface area contributed by atoms with Crippen LogP contribution in [-0.4, -0.2) is 14.6 Å². The molecule has 1 atom stereocenters. The second-order valence-electron chi connectivity index (χ2n) is 6.94. The highest BCUT2D eigenvalue weighted by Gasteiger charge is 2.24. The molecule has 1 unspecified atom stereocenters. The van der Waals surface area contributed by atoms with Gasteiger partial charge in [-0.1, -0.05) is 56.4 Å². The van der Waals surface area contributed by atoms with E-state index in [1.165, 1.54) is 11.1 Å². The number of rotatable bonds is 2. The molecule has 0 radical (unpaired) electrons. The highest BCUT2D eigenvalue weighted by molar-refractivity contribution is 7.20. The third-order valence-corrected chi connectivity index (χ3v) is 5.10. The van der Waals surface area contributed by atoms with Crippen molar-refractivity contribution in [2.24, 2.45) is 0 Å². The number of nitrogens with zero attached hydrogens (tertiary/aromatic N) is 3. The molecular weight excluding hydrogens is 292 g/mol. The van der Waals surface area contributed by atoms with Crippen LogP contribution in [0, 0.1) is 0 Å². The number of hydrogen-bond donors (Lipinski definition) is 1. The first kappa shape index (κ1) is 13.8. The Hall–Kier alpha value is -1.88. The number of imidazole rings is 1. The monoisotopic (exact) mass is 312 g/mol. The Kier molecular flexibility index (Phi) is 3.01. The average Bonchev–Trinajstić information content (AvgIpc) is 3.11. The third-order valence-electron chi connectivity index (χ3n) is 4.24. The molecule has 0 saturated heterocycles. The summed E-state index contributed by atoms with van der Waals surface area (Å²) in [6.07, 6.45) is 4.32. The van der Waals surface area contributed by atoms with Crippen molar-refractivity contribution in [1.82, 2.24) is 14.6 Å². The fraction of sp³-hybridized carbons (Fsp3) is 0.412. The van der Waals surface area contributed by atoms with Crippen LogP contribution in [0.25, 0.3) is 4.96 Å². The summed E-state index contributed by atoms with van der Waals surface area (Å²) in [5.41, 5.74) is 4.01. The fourth-order valence-electron chi connectivity index (χ4n) is 2.98. The summed E-state index contributed by atoms with van der Waals surface area (Å²) in [5.74, 6) is 0. The lowest BCUT2D eigenvalue weighted by Gasteiger charge is -2.14. The predicted molar refractivity (Wildman–Crippen MR) is 90.7 cm³/mol. The van der Waals surface area contributed by atoms with Crippen LogP contribution in [-0.2, 0) is 11.8 Å². The molecule has 114 valence electrons. The van der Waals surface area contributed by atoms with E-state index in [1.54, 1.807) is 11.3 Å². The zero-order valence-corrected chi connectivity index (χ0v) is 13.9. The Bertz CT molecular complexity index is 793. The zero-order chi connectivity index (χ0) is 15.3. The molecule has 1 N–H and O–H groups in total. The van der Waals surface area contributed by atoms with Crippen molar-refractivity contribution in [2.45, 2.75) is 45.1 Å². The van der Waals surface area contributed by atoms with Crippen molar-refractivity contribution in [1.29, 1.82) is 0 Å². The number of benzene rings is 1. The number of anilines is 1. The average molecular weight is 312 g/mol. The molecule has 2 aromatic heterocycles. The van der Waals surface area contributed by atoms with Gasteiger partial charge in [0.2, 0.25) is 10.1 Å². The van der Waals surface area contributed by atoms with Gasteiger partial charge in [-0.25, -0.2) is 9.50 Å². The molecule has 0 bridgehead atoms. The Balaban J connectivity index is 1.59. The Morgan fingerprint density at radius 2 is 2.09 bits per heavy atom. The maximum absolute atomic E-state index is 4.70. The molecule has 3 aromatic rings. The summed E-state index contributed by atoms with van der Waals surface area (Å²) in [7, 11) is 0. The van der Waals surface area contributed by atoms with E-state index in [2.05, 4.69) is 55.5 Å². The minimum absolute atomic E-state index is 0.0609. The molecule has 22 heavy (non-hydrogen) atoms. The van der Waals surface area contributed by atoms with Gasteiger partial charge in [-0.15, -0.1) is 5.10 Å². The third kappa shape index (κ3) is 2.29. The molecular formula is C17H20N4S. The van der Waals surface area contributed by atoms with E-state index in [1.807, 2.05) is 10.7 Å². The Morgan fingerprint density at radius 3 is 2.86 bits per heavy atom. The molecule has 0 spiro atoms. The van der Waals surface area contributed by atoms with Crippen molar-refractivity contribution < 1.29 is 0 Å². The first-order valence-corrected chi connectivity index (χ1v) is 8.53. The maximum atomic E-state index is 4.70. The molecule has 1 aliphatic carbocycles. The normalized spacial score (nSPS) is 17.9. The first-order chi connectivity index (χ1) is 10.5. The second kappa shape index (κ2) is 4.81. The molecule has 0 fully saturated rings. The smallest absolute Gasteiger partial charge is 0.214 e. The minimum atomic E-state index is 0.0609. The number of fused-ring (bicyclic) bond motifs is 2. The van der Waals surface area contributed by atoms with Gasteiger partial charge in [0.1, 0.15) is 0 Å². The lowest BCUT2D eigenvalue weighted by molar-refractivity contribution is 0.572. The number of aromatic nitrogens is 3. The van der Waals surface area contributed by atoms with Crippen LogP contribution in [0.4, 0.5) is 5.13 Å². The fourth-order valence-corrected chi connectivity index (χ4v) is 3.81. The van der Waals surface area contributed by atoms with E-state index in [0.29, 0.717) is 6.04 Å². The lowest BCUT2D eigenvalue weighted by atomic mass is 9.93.